The SMILES string of the molecule is CCCCCCCC[C@H]1CCC[C@@H]1CCCCC(C)(C)CC(=O)O. The van der Waals surface area contributed by atoms with Gasteiger partial charge in [0.25, 0.3) is 0 Å². The Morgan fingerprint density at radius 1 is 0.917 bits per heavy atom. The molecule has 0 unspecified atom stereocenters. The zero-order valence-corrected chi connectivity index (χ0v) is 16.6. The Hall–Kier alpha value is -0.530. The van der Waals surface area contributed by atoms with Crippen molar-refractivity contribution in [3.05, 3.63) is 0 Å². The molecule has 0 bridgehead atoms. The van der Waals surface area contributed by atoms with Gasteiger partial charge in [-0.05, 0) is 23.7 Å². The minimum atomic E-state index is -0.658. The van der Waals surface area contributed by atoms with E-state index in [-0.39, 0.29) is 5.41 Å². The molecule has 0 aliphatic heterocycles. The second kappa shape index (κ2) is 11.9. The van der Waals surface area contributed by atoms with Crippen LogP contribution in [0.4, 0.5) is 0 Å². The maximum absolute atomic E-state index is 10.9. The lowest BCUT2D eigenvalue weighted by atomic mass is 9.82. The Morgan fingerprint density at radius 3 is 2.04 bits per heavy atom. The Balaban J connectivity index is 2.12. The van der Waals surface area contributed by atoms with E-state index in [9.17, 15) is 4.79 Å². The molecule has 0 saturated heterocycles. The minimum absolute atomic E-state index is 0.0423. The van der Waals surface area contributed by atoms with E-state index in [1.807, 2.05) is 0 Å². The first-order valence-electron chi connectivity index (χ1n) is 10.7. The molecular weight excluding hydrogens is 296 g/mol. The summed E-state index contributed by atoms with van der Waals surface area (Å²) in [6.07, 6.45) is 19.5. The van der Waals surface area contributed by atoms with Crippen molar-refractivity contribution in [3.63, 3.8) is 0 Å². The number of carboxylic acids is 1. The molecule has 1 rings (SSSR count). The third-order valence-corrected chi connectivity index (χ3v) is 6.05. The number of aliphatic carboxylic acids is 1. The molecule has 0 radical (unpaired) electrons. The Bertz CT molecular complexity index is 335. The van der Waals surface area contributed by atoms with Crippen LogP contribution in [-0.4, -0.2) is 11.1 Å². The van der Waals surface area contributed by atoms with Crippen molar-refractivity contribution < 1.29 is 9.90 Å². The number of unbranched alkanes of at least 4 members (excludes halogenated alkanes) is 6. The summed E-state index contributed by atoms with van der Waals surface area (Å²) >= 11 is 0. The summed E-state index contributed by atoms with van der Waals surface area (Å²) in [7, 11) is 0. The van der Waals surface area contributed by atoms with E-state index in [1.165, 1.54) is 83.5 Å². The predicted octanol–water partition coefficient (Wildman–Crippen LogP) is 7.21. The molecule has 1 aliphatic carbocycles. The third-order valence-electron chi connectivity index (χ3n) is 6.05. The highest BCUT2D eigenvalue weighted by Gasteiger charge is 2.26. The van der Waals surface area contributed by atoms with Crippen molar-refractivity contribution in [2.24, 2.45) is 17.3 Å². The molecule has 24 heavy (non-hydrogen) atoms. The average molecular weight is 339 g/mol. The lowest BCUT2D eigenvalue weighted by Crippen LogP contribution is -2.17. The maximum atomic E-state index is 10.9. The lowest BCUT2D eigenvalue weighted by Gasteiger charge is -2.23. The number of rotatable bonds is 14. The summed E-state index contributed by atoms with van der Waals surface area (Å²) in [6, 6.07) is 0. The van der Waals surface area contributed by atoms with Crippen molar-refractivity contribution in [1.82, 2.24) is 0 Å². The van der Waals surface area contributed by atoms with Crippen molar-refractivity contribution in [3.8, 4) is 0 Å². The molecule has 0 aromatic carbocycles. The zero-order chi connectivity index (χ0) is 17.8. The van der Waals surface area contributed by atoms with Crippen molar-refractivity contribution in [1.29, 1.82) is 0 Å². The molecule has 0 spiro atoms. The highest BCUT2D eigenvalue weighted by molar-refractivity contribution is 5.67. The lowest BCUT2D eigenvalue weighted by molar-refractivity contribution is -0.139. The van der Waals surface area contributed by atoms with Crippen LogP contribution in [0, 0.1) is 17.3 Å². The van der Waals surface area contributed by atoms with E-state index in [2.05, 4.69) is 20.8 Å². The third kappa shape index (κ3) is 9.69. The first-order chi connectivity index (χ1) is 11.4. The van der Waals surface area contributed by atoms with E-state index < -0.39 is 5.97 Å². The van der Waals surface area contributed by atoms with Gasteiger partial charge in [-0.1, -0.05) is 104 Å². The van der Waals surface area contributed by atoms with Crippen LogP contribution >= 0.6 is 0 Å². The Morgan fingerprint density at radius 2 is 1.46 bits per heavy atom. The first-order valence-corrected chi connectivity index (χ1v) is 10.7. The normalized spacial score (nSPS) is 21.3. The van der Waals surface area contributed by atoms with E-state index in [0.717, 1.165) is 18.3 Å². The minimum Gasteiger partial charge on any atom is -0.481 e. The predicted molar refractivity (Wildman–Crippen MR) is 103 cm³/mol. The summed E-state index contributed by atoms with van der Waals surface area (Å²) in [5.74, 6) is 1.29. The van der Waals surface area contributed by atoms with Crippen LogP contribution in [0.25, 0.3) is 0 Å². The molecule has 1 aliphatic rings. The quantitative estimate of drug-likeness (QED) is 0.340. The number of carbonyl (C=O) groups is 1. The highest BCUT2D eigenvalue weighted by atomic mass is 16.4. The fraction of sp³-hybridized carbons (Fsp3) is 0.955. The van der Waals surface area contributed by atoms with Crippen molar-refractivity contribution >= 4 is 5.97 Å². The molecule has 0 aromatic heterocycles. The molecule has 2 heteroatoms. The molecule has 0 heterocycles. The number of hydrogen-bond acceptors (Lipinski definition) is 1. The van der Waals surface area contributed by atoms with Crippen LogP contribution in [0.3, 0.4) is 0 Å². The van der Waals surface area contributed by atoms with E-state index >= 15 is 0 Å². The van der Waals surface area contributed by atoms with Crippen LogP contribution < -0.4 is 0 Å². The zero-order valence-electron chi connectivity index (χ0n) is 16.6. The van der Waals surface area contributed by atoms with Gasteiger partial charge in [-0.2, -0.15) is 0 Å². The number of hydrogen-bond donors (Lipinski definition) is 1. The largest absolute Gasteiger partial charge is 0.481 e. The van der Waals surface area contributed by atoms with E-state index in [4.69, 9.17) is 5.11 Å². The molecule has 2 nitrogen and oxygen atoms in total. The van der Waals surface area contributed by atoms with Gasteiger partial charge in [0.2, 0.25) is 0 Å². The van der Waals surface area contributed by atoms with Crippen LogP contribution in [0.5, 0.6) is 0 Å². The van der Waals surface area contributed by atoms with Gasteiger partial charge in [0.1, 0.15) is 0 Å². The summed E-state index contributed by atoms with van der Waals surface area (Å²) < 4.78 is 0. The average Bonchev–Trinajstić information content (AvgIpc) is 2.93. The number of carboxylic acid groups (broad SMARTS) is 1. The topological polar surface area (TPSA) is 37.3 Å². The van der Waals surface area contributed by atoms with E-state index in [0.29, 0.717) is 6.42 Å². The van der Waals surface area contributed by atoms with Crippen LogP contribution in [-0.2, 0) is 4.79 Å². The summed E-state index contributed by atoms with van der Waals surface area (Å²) in [4.78, 5) is 10.9. The van der Waals surface area contributed by atoms with Crippen LogP contribution in [0.15, 0.2) is 0 Å². The summed E-state index contributed by atoms with van der Waals surface area (Å²) in [5, 5.41) is 8.96. The van der Waals surface area contributed by atoms with Crippen LogP contribution in [0.2, 0.25) is 0 Å². The Labute approximate surface area is 150 Å². The maximum Gasteiger partial charge on any atom is 0.303 e. The van der Waals surface area contributed by atoms with Gasteiger partial charge in [-0.3, -0.25) is 4.79 Å². The first kappa shape index (κ1) is 21.5. The van der Waals surface area contributed by atoms with E-state index in [1.54, 1.807) is 0 Å². The molecular formula is C22H42O2. The van der Waals surface area contributed by atoms with Gasteiger partial charge in [-0.25, -0.2) is 0 Å². The summed E-state index contributed by atoms with van der Waals surface area (Å²) in [5.41, 5.74) is -0.0423. The standard InChI is InChI=1S/C22H42O2/c1-4-5-6-7-8-9-13-19-15-12-16-20(19)14-10-11-17-22(2,3)18-21(23)24/h19-20H,4-18H2,1-3H3,(H,23,24)/t19-,20-/m0/s1. The summed E-state index contributed by atoms with van der Waals surface area (Å²) in [6.45, 7) is 6.47. The molecule has 0 amide bonds. The van der Waals surface area contributed by atoms with Crippen molar-refractivity contribution in [2.45, 2.75) is 117 Å². The molecule has 142 valence electrons. The fourth-order valence-corrected chi connectivity index (χ4v) is 4.57. The molecule has 1 N–H and O–H groups in total. The smallest absolute Gasteiger partial charge is 0.303 e. The van der Waals surface area contributed by atoms with Gasteiger partial charge in [0, 0.05) is 0 Å². The van der Waals surface area contributed by atoms with Crippen molar-refractivity contribution in [2.75, 3.05) is 0 Å². The van der Waals surface area contributed by atoms with Crippen LogP contribution in [0.1, 0.15) is 117 Å². The molecule has 0 aromatic rings. The highest BCUT2D eigenvalue weighted by Crippen LogP contribution is 2.39. The monoisotopic (exact) mass is 338 g/mol. The molecule has 1 saturated carbocycles. The van der Waals surface area contributed by atoms with Gasteiger partial charge in [-0.15, -0.1) is 0 Å². The Kier molecular flexibility index (Phi) is 10.7. The fourth-order valence-electron chi connectivity index (χ4n) is 4.57. The van der Waals surface area contributed by atoms with Gasteiger partial charge >= 0.3 is 5.97 Å². The van der Waals surface area contributed by atoms with Gasteiger partial charge in [0.05, 0.1) is 6.42 Å². The second-order valence-corrected chi connectivity index (χ2v) is 8.99. The van der Waals surface area contributed by atoms with Gasteiger partial charge in [0.15, 0.2) is 0 Å². The second-order valence-electron chi connectivity index (χ2n) is 8.99. The van der Waals surface area contributed by atoms with Gasteiger partial charge < -0.3 is 5.11 Å². The molecule has 1 fully saturated rings. The molecule has 2 atom stereocenters.